The molecule has 1 heterocycles. The summed E-state index contributed by atoms with van der Waals surface area (Å²) < 4.78 is 31.7. The standard InChI is InChI=1S/C21H26N2O.C2HF3O2/c1-2-18(17-11-5-3-6-12-17)21(24)22-19-13-7-8-14-20(19)23-15-9-4-10-16-23;3-2(4,5)1(6)7/h3,5-8,11-14,18H,2,4,9-10,15-16H2,1H3,(H,22,24);(H,6,7). The molecule has 0 spiro atoms. The molecule has 31 heavy (non-hydrogen) atoms. The maximum Gasteiger partial charge on any atom is 0.490 e. The molecule has 0 aliphatic carbocycles. The van der Waals surface area contributed by atoms with Crippen LogP contribution in [-0.4, -0.2) is 36.2 Å². The Kier molecular flexibility index (Phi) is 8.90. The highest BCUT2D eigenvalue weighted by atomic mass is 19.4. The van der Waals surface area contributed by atoms with E-state index >= 15 is 0 Å². The molecule has 1 fully saturated rings. The van der Waals surface area contributed by atoms with Gasteiger partial charge in [-0.1, -0.05) is 49.4 Å². The van der Waals surface area contributed by atoms with E-state index in [2.05, 4.69) is 23.2 Å². The summed E-state index contributed by atoms with van der Waals surface area (Å²) in [7, 11) is 0. The molecule has 0 radical (unpaired) electrons. The number of benzene rings is 2. The number of amides is 1. The number of nitrogens with one attached hydrogen (secondary N) is 1. The number of nitrogens with zero attached hydrogens (tertiary/aromatic N) is 1. The van der Waals surface area contributed by atoms with Gasteiger partial charge in [-0.05, 0) is 43.4 Å². The molecule has 0 bridgehead atoms. The lowest BCUT2D eigenvalue weighted by Crippen LogP contribution is -2.31. The predicted octanol–water partition coefficient (Wildman–Crippen LogP) is 5.44. The molecular formula is C23H27F3N2O3. The number of piperidine rings is 1. The van der Waals surface area contributed by atoms with Gasteiger partial charge in [-0.25, -0.2) is 4.79 Å². The van der Waals surface area contributed by atoms with Gasteiger partial charge in [0.15, 0.2) is 0 Å². The molecule has 2 N–H and O–H groups in total. The highest BCUT2D eigenvalue weighted by Crippen LogP contribution is 2.30. The van der Waals surface area contributed by atoms with Crippen LogP contribution in [0.15, 0.2) is 54.6 Å². The Labute approximate surface area is 179 Å². The van der Waals surface area contributed by atoms with Gasteiger partial charge >= 0.3 is 12.1 Å². The Hall–Kier alpha value is -3.03. The van der Waals surface area contributed by atoms with Crippen molar-refractivity contribution in [3.05, 3.63) is 60.2 Å². The summed E-state index contributed by atoms with van der Waals surface area (Å²) in [5, 5.41) is 10.3. The molecule has 1 saturated heterocycles. The van der Waals surface area contributed by atoms with E-state index in [0.717, 1.165) is 36.4 Å². The van der Waals surface area contributed by atoms with Gasteiger partial charge in [-0.2, -0.15) is 13.2 Å². The number of anilines is 2. The van der Waals surface area contributed by atoms with Crippen molar-refractivity contribution in [1.29, 1.82) is 0 Å². The Morgan fingerprint density at radius 3 is 2.10 bits per heavy atom. The van der Waals surface area contributed by atoms with Crippen molar-refractivity contribution in [2.45, 2.75) is 44.7 Å². The van der Waals surface area contributed by atoms with Gasteiger partial charge in [0, 0.05) is 13.1 Å². The monoisotopic (exact) mass is 436 g/mol. The minimum atomic E-state index is -5.08. The zero-order valence-electron chi connectivity index (χ0n) is 17.4. The van der Waals surface area contributed by atoms with Crippen molar-refractivity contribution in [2.75, 3.05) is 23.3 Å². The summed E-state index contributed by atoms with van der Waals surface area (Å²) in [5.74, 6) is -2.79. The number of alkyl halides is 3. The van der Waals surface area contributed by atoms with Gasteiger partial charge in [0.1, 0.15) is 0 Å². The quantitative estimate of drug-likeness (QED) is 0.655. The molecule has 2 aromatic carbocycles. The smallest absolute Gasteiger partial charge is 0.475 e. The number of carbonyl (C=O) groups excluding carboxylic acids is 1. The van der Waals surface area contributed by atoms with Gasteiger partial charge in [0.2, 0.25) is 5.91 Å². The highest BCUT2D eigenvalue weighted by molar-refractivity contribution is 5.98. The van der Waals surface area contributed by atoms with E-state index in [-0.39, 0.29) is 11.8 Å². The van der Waals surface area contributed by atoms with Gasteiger partial charge in [0.05, 0.1) is 17.3 Å². The number of carboxylic acid groups (broad SMARTS) is 1. The number of hydrogen-bond donors (Lipinski definition) is 2. The minimum absolute atomic E-state index is 0.0770. The van der Waals surface area contributed by atoms with Crippen molar-refractivity contribution in [3.8, 4) is 0 Å². The first-order valence-electron chi connectivity index (χ1n) is 10.2. The Bertz CT molecular complexity index is 851. The third-order valence-electron chi connectivity index (χ3n) is 5.03. The topological polar surface area (TPSA) is 69.6 Å². The number of carboxylic acids is 1. The number of rotatable bonds is 5. The van der Waals surface area contributed by atoms with Crippen LogP contribution in [-0.2, 0) is 9.59 Å². The maximum absolute atomic E-state index is 12.8. The molecule has 1 aliphatic heterocycles. The van der Waals surface area contributed by atoms with Gasteiger partial charge in [-0.15, -0.1) is 0 Å². The van der Waals surface area contributed by atoms with Crippen LogP contribution in [0.25, 0.3) is 0 Å². The van der Waals surface area contributed by atoms with Crippen molar-refractivity contribution >= 4 is 23.3 Å². The molecule has 2 aromatic rings. The van der Waals surface area contributed by atoms with E-state index in [9.17, 15) is 18.0 Å². The van der Waals surface area contributed by atoms with E-state index in [1.54, 1.807) is 0 Å². The molecule has 8 heteroatoms. The Morgan fingerprint density at radius 1 is 1.00 bits per heavy atom. The lowest BCUT2D eigenvalue weighted by molar-refractivity contribution is -0.192. The fraction of sp³-hybridized carbons (Fsp3) is 0.391. The van der Waals surface area contributed by atoms with Crippen molar-refractivity contribution < 1.29 is 27.9 Å². The van der Waals surface area contributed by atoms with Crippen LogP contribution in [0.2, 0.25) is 0 Å². The van der Waals surface area contributed by atoms with E-state index in [1.807, 2.05) is 48.5 Å². The minimum Gasteiger partial charge on any atom is -0.475 e. The first-order chi connectivity index (χ1) is 14.7. The molecule has 168 valence electrons. The summed E-state index contributed by atoms with van der Waals surface area (Å²) in [6.07, 6.45) is -0.535. The third kappa shape index (κ3) is 7.31. The molecule has 1 atom stereocenters. The number of aliphatic carboxylic acids is 1. The van der Waals surface area contributed by atoms with Crippen molar-refractivity contribution in [3.63, 3.8) is 0 Å². The summed E-state index contributed by atoms with van der Waals surface area (Å²) in [6.45, 7) is 4.21. The summed E-state index contributed by atoms with van der Waals surface area (Å²) >= 11 is 0. The van der Waals surface area contributed by atoms with Crippen LogP contribution in [0.4, 0.5) is 24.5 Å². The summed E-state index contributed by atoms with van der Waals surface area (Å²) in [5.41, 5.74) is 3.15. The zero-order chi connectivity index (χ0) is 22.9. The second-order valence-electron chi connectivity index (χ2n) is 7.23. The van der Waals surface area contributed by atoms with E-state index in [4.69, 9.17) is 9.90 Å². The third-order valence-corrected chi connectivity index (χ3v) is 5.03. The van der Waals surface area contributed by atoms with Crippen LogP contribution >= 0.6 is 0 Å². The molecule has 0 saturated carbocycles. The number of carbonyl (C=O) groups is 2. The van der Waals surface area contributed by atoms with Crippen LogP contribution in [0, 0.1) is 0 Å². The second-order valence-corrected chi connectivity index (χ2v) is 7.23. The zero-order valence-corrected chi connectivity index (χ0v) is 17.4. The predicted molar refractivity (Wildman–Crippen MR) is 114 cm³/mol. The average Bonchev–Trinajstić information content (AvgIpc) is 2.76. The molecule has 3 rings (SSSR count). The molecule has 1 aliphatic rings. The lowest BCUT2D eigenvalue weighted by atomic mass is 9.95. The fourth-order valence-corrected chi connectivity index (χ4v) is 3.47. The normalized spacial score (nSPS) is 14.8. The van der Waals surface area contributed by atoms with Gasteiger partial charge < -0.3 is 15.3 Å². The van der Waals surface area contributed by atoms with Crippen LogP contribution in [0.1, 0.15) is 44.1 Å². The van der Waals surface area contributed by atoms with E-state index < -0.39 is 12.1 Å². The van der Waals surface area contributed by atoms with Crippen LogP contribution in [0.3, 0.4) is 0 Å². The van der Waals surface area contributed by atoms with Gasteiger partial charge in [-0.3, -0.25) is 4.79 Å². The summed E-state index contributed by atoms with van der Waals surface area (Å²) in [6, 6.07) is 18.2. The Morgan fingerprint density at radius 2 is 1.55 bits per heavy atom. The van der Waals surface area contributed by atoms with Crippen LogP contribution < -0.4 is 10.2 Å². The maximum atomic E-state index is 12.8. The first kappa shape index (κ1) is 24.2. The Balaban J connectivity index is 0.000000423. The number of hydrogen-bond acceptors (Lipinski definition) is 3. The highest BCUT2D eigenvalue weighted by Gasteiger charge is 2.38. The summed E-state index contributed by atoms with van der Waals surface area (Å²) in [4.78, 5) is 24.1. The van der Waals surface area contributed by atoms with E-state index in [1.165, 1.54) is 19.3 Å². The van der Waals surface area contributed by atoms with Crippen molar-refractivity contribution in [1.82, 2.24) is 0 Å². The first-order valence-corrected chi connectivity index (χ1v) is 10.2. The molecule has 1 unspecified atom stereocenters. The lowest BCUT2D eigenvalue weighted by Gasteiger charge is -2.30. The second kappa shape index (κ2) is 11.4. The largest absolute Gasteiger partial charge is 0.490 e. The van der Waals surface area contributed by atoms with Crippen molar-refractivity contribution in [2.24, 2.45) is 0 Å². The number of para-hydroxylation sites is 2. The molecular weight excluding hydrogens is 409 g/mol. The molecule has 0 aromatic heterocycles. The number of halogens is 3. The molecule has 1 amide bonds. The fourth-order valence-electron chi connectivity index (χ4n) is 3.47. The van der Waals surface area contributed by atoms with Gasteiger partial charge in [0.25, 0.3) is 0 Å². The van der Waals surface area contributed by atoms with Crippen LogP contribution in [0.5, 0.6) is 0 Å². The SMILES string of the molecule is CCC(C(=O)Nc1ccccc1N1CCCCC1)c1ccccc1.O=C(O)C(F)(F)F. The average molecular weight is 436 g/mol. The molecule has 5 nitrogen and oxygen atoms in total. The van der Waals surface area contributed by atoms with E-state index in [0.29, 0.717) is 0 Å².